The maximum atomic E-state index is 5.52. The van der Waals surface area contributed by atoms with Crippen LogP contribution in [0.2, 0.25) is 0 Å². The number of alkyl halides is 1. The summed E-state index contributed by atoms with van der Waals surface area (Å²) in [6, 6.07) is 1.77. The summed E-state index contributed by atoms with van der Waals surface area (Å²) in [4.78, 5) is 10.9. The monoisotopic (exact) mass is 287 g/mol. The van der Waals surface area contributed by atoms with Gasteiger partial charge in [0.15, 0.2) is 0 Å². The van der Waals surface area contributed by atoms with Crippen molar-refractivity contribution in [1.82, 2.24) is 9.97 Å². The number of rotatable bonds is 5. The molecule has 0 aliphatic heterocycles. The van der Waals surface area contributed by atoms with Gasteiger partial charge in [-0.1, -0.05) is 22.9 Å². The molecule has 4 nitrogen and oxygen atoms in total. The first kappa shape index (κ1) is 13.2. The van der Waals surface area contributed by atoms with Crippen LogP contribution in [-0.4, -0.2) is 34.5 Å². The van der Waals surface area contributed by atoms with Crippen molar-refractivity contribution in [3.63, 3.8) is 0 Å². The van der Waals surface area contributed by atoms with Gasteiger partial charge < -0.3 is 9.64 Å². The number of hydrogen-bond acceptors (Lipinski definition) is 4. The number of halogens is 1. The van der Waals surface area contributed by atoms with Crippen molar-refractivity contribution < 1.29 is 4.74 Å². The van der Waals surface area contributed by atoms with E-state index in [2.05, 4.69) is 32.8 Å². The molecule has 1 aromatic rings. The first-order chi connectivity index (χ1) is 7.49. The molecule has 0 fully saturated rings. The van der Waals surface area contributed by atoms with E-state index in [1.54, 1.807) is 12.3 Å². The highest BCUT2D eigenvalue weighted by atomic mass is 79.9. The van der Waals surface area contributed by atoms with Crippen LogP contribution < -0.4 is 9.64 Å². The summed E-state index contributed by atoms with van der Waals surface area (Å²) in [7, 11) is 1.96. The fourth-order valence-electron chi connectivity index (χ4n) is 1.28. The molecule has 0 amide bonds. The molecule has 1 rings (SSSR count). The van der Waals surface area contributed by atoms with E-state index in [1.165, 1.54) is 0 Å². The van der Waals surface area contributed by atoms with Gasteiger partial charge in [-0.25, -0.2) is 4.98 Å². The molecule has 0 aliphatic rings. The van der Waals surface area contributed by atoms with Crippen LogP contribution in [0.5, 0.6) is 5.88 Å². The lowest BCUT2D eigenvalue weighted by atomic mass is 10.4. The summed E-state index contributed by atoms with van der Waals surface area (Å²) in [5.41, 5.74) is 0. The Morgan fingerprint density at radius 3 is 2.69 bits per heavy atom. The maximum absolute atomic E-state index is 5.52. The largest absolute Gasteiger partial charge is 0.475 e. The smallest absolute Gasteiger partial charge is 0.228 e. The van der Waals surface area contributed by atoms with Gasteiger partial charge in [0.2, 0.25) is 11.8 Å². The van der Waals surface area contributed by atoms with Crippen molar-refractivity contribution in [2.24, 2.45) is 0 Å². The van der Waals surface area contributed by atoms with E-state index in [1.807, 2.05) is 25.8 Å². The van der Waals surface area contributed by atoms with Crippen LogP contribution in [0.4, 0.5) is 5.95 Å². The van der Waals surface area contributed by atoms with Gasteiger partial charge in [-0.15, -0.1) is 0 Å². The van der Waals surface area contributed by atoms with E-state index in [-0.39, 0.29) is 6.10 Å². The summed E-state index contributed by atoms with van der Waals surface area (Å²) < 4.78 is 5.52. The molecule has 0 aromatic carbocycles. The second-order valence-electron chi connectivity index (χ2n) is 4.02. The van der Waals surface area contributed by atoms with Crippen molar-refractivity contribution in [3.8, 4) is 5.88 Å². The van der Waals surface area contributed by atoms with Crippen molar-refractivity contribution in [2.75, 3.05) is 18.5 Å². The molecule has 16 heavy (non-hydrogen) atoms. The Bertz CT molecular complexity index is 331. The molecular weight excluding hydrogens is 270 g/mol. The molecule has 90 valence electrons. The lowest BCUT2D eigenvalue weighted by Crippen LogP contribution is -2.26. The van der Waals surface area contributed by atoms with Crippen LogP contribution in [0.1, 0.15) is 20.8 Å². The van der Waals surface area contributed by atoms with Gasteiger partial charge in [0.25, 0.3) is 0 Å². The van der Waals surface area contributed by atoms with Crippen molar-refractivity contribution in [3.05, 3.63) is 12.3 Å². The first-order valence-electron chi connectivity index (χ1n) is 5.34. The van der Waals surface area contributed by atoms with Crippen LogP contribution in [0.3, 0.4) is 0 Å². The zero-order valence-corrected chi connectivity index (χ0v) is 11.7. The molecule has 1 heterocycles. The molecule has 0 N–H and O–H groups in total. The Hall–Kier alpha value is -0.840. The van der Waals surface area contributed by atoms with Gasteiger partial charge in [-0.3, -0.25) is 0 Å². The van der Waals surface area contributed by atoms with Crippen molar-refractivity contribution >= 4 is 21.9 Å². The molecule has 0 radical (unpaired) electrons. The number of anilines is 1. The third-order valence-electron chi connectivity index (χ3n) is 1.84. The lowest BCUT2D eigenvalue weighted by molar-refractivity contribution is 0.232. The van der Waals surface area contributed by atoms with Crippen LogP contribution in [0.25, 0.3) is 0 Å². The van der Waals surface area contributed by atoms with Gasteiger partial charge in [0.05, 0.1) is 6.10 Å². The Labute approximate surface area is 105 Å². The average Bonchev–Trinajstić information content (AvgIpc) is 2.16. The molecule has 1 atom stereocenters. The fourth-order valence-corrected chi connectivity index (χ4v) is 1.72. The van der Waals surface area contributed by atoms with Crippen LogP contribution in [0, 0.1) is 0 Å². The van der Waals surface area contributed by atoms with Crippen LogP contribution in [0.15, 0.2) is 12.3 Å². The van der Waals surface area contributed by atoms with E-state index in [9.17, 15) is 0 Å². The third kappa shape index (κ3) is 4.35. The zero-order chi connectivity index (χ0) is 12.1. The highest BCUT2D eigenvalue weighted by molar-refractivity contribution is 9.09. The quantitative estimate of drug-likeness (QED) is 0.780. The molecule has 0 aliphatic carbocycles. The molecule has 5 heteroatoms. The maximum Gasteiger partial charge on any atom is 0.228 e. The third-order valence-corrected chi connectivity index (χ3v) is 2.13. The summed E-state index contributed by atoms with van der Waals surface area (Å²) >= 11 is 3.50. The Kier molecular flexibility index (Phi) is 4.99. The summed E-state index contributed by atoms with van der Waals surface area (Å²) in [5, 5.41) is 0. The van der Waals surface area contributed by atoms with Gasteiger partial charge >= 0.3 is 0 Å². The van der Waals surface area contributed by atoms with Gasteiger partial charge in [-0.2, -0.15) is 4.98 Å². The van der Waals surface area contributed by atoms with E-state index in [0.717, 1.165) is 6.54 Å². The van der Waals surface area contributed by atoms with Gasteiger partial charge in [0.1, 0.15) is 0 Å². The number of ether oxygens (including phenoxy) is 1. The fraction of sp³-hybridized carbons (Fsp3) is 0.636. The Morgan fingerprint density at radius 2 is 2.12 bits per heavy atom. The minimum Gasteiger partial charge on any atom is -0.475 e. The summed E-state index contributed by atoms with van der Waals surface area (Å²) in [5.74, 6) is 1.30. The first-order valence-corrected chi connectivity index (χ1v) is 6.25. The molecule has 0 saturated heterocycles. The SMILES string of the molecule is CC(Br)CN(C)c1nccc(OC(C)C)n1. The zero-order valence-electron chi connectivity index (χ0n) is 10.1. The van der Waals surface area contributed by atoms with E-state index in [0.29, 0.717) is 16.7 Å². The van der Waals surface area contributed by atoms with Gasteiger partial charge in [-0.05, 0) is 13.8 Å². The average molecular weight is 288 g/mol. The molecular formula is C11H18BrN3O. The van der Waals surface area contributed by atoms with E-state index >= 15 is 0 Å². The molecule has 1 unspecified atom stereocenters. The lowest BCUT2D eigenvalue weighted by Gasteiger charge is -2.19. The van der Waals surface area contributed by atoms with Crippen LogP contribution >= 0.6 is 15.9 Å². The van der Waals surface area contributed by atoms with E-state index < -0.39 is 0 Å². The normalized spacial score (nSPS) is 12.6. The van der Waals surface area contributed by atoms with Gasteiger partial charge in [0, 0.05) is 30.7 Å². The molecule has 0 bridgehead atoms. The summed E-state index contributed by atoms with van der Waals surface area (Å²) in [6.45, 7) is 6.90. The predicted octanol–water partition coefficient (Wildman–Crippen LogP) is 2.48. The minimum atomic E-state index is 0.128. The highest BCUT2D eigenvalue weighted by Gasteiger charge is 2.08. The van der Waals surface area contributed by atoms with Crippen molar-refractivity contribution in [1.29, 1.82) is 0 Å². The van der Waals surface area contributed by atoms with Crippen LogP contribution in [-0.2, 0) is 0 Å². The standard InChI is InChI=1S/C11H18BrN3O/c1-8(2)16-10-5-6-13-11(14-10)15(4)7-9(3)12/h5-6,8-9H,7H2,1-4H3. The van der Waals surface area contributed by atoms with Crippen molar-refractivity contribution in [2.45, 2.75) is 31.7 Å². The second-order valence-corrected chi connectivity index (χ2v) is 5.59. The Morgan fingerprint density at radius 1 is 1.44 bits per heavy atom. The molecule has 0 saturated carbocycles. The summed E-state index contributed by atoms with van der Waals surface area (Å²) in [6.07, 6.45) is 1.85. The topological polar surface area (TPSA) is 38.2 Å². The highest BCUT2D eigenvalue weighted by Crippen LogP contribution is 2.14. The number of nitrogens with zero attached hydrogens (tertiary/aromatic N) is 3. The number of hydrogen-bond donors (Lipinski definition) is 0. The Balaban J connectivity index is 2.73. The minimum absolute atomic E-state index is 0.128. The predicted molar refractivity (Wildman–Crippen MR) is 69.5 cm³/mol. The van der Waals surface area contributed by atoms with E-state index in [4.69, 9.17) is 4.74 Å². The second kappa shape index (κ2) is 6.03. The number of aromatic nitrogens is 2. The molecule has 0 spiro atoms. The molecule has 1 aromatic heterocycles.